The van der Waals surface area contributed by atoms with Gasteiger partial charge in [0, 0.05) is 11.6 Å². The lowest BCUT2D eigenvalue weighted by molar-refractivity contribution is -0.367. The first-order valence-corrected chi connectivity index (χ1v) is 7.24. The van der Waals surface area contributed by atoms with Crippen molar-refractivity contribution in [1.29, 1.82) is 0 Å². The number of carbonyl (C=O) groups is 1. The van der Waals surface area contributed by atoms with Crippen molar-refractivity contribution in [3.63, 3.8) is 0 Å². The average Bonchev–Trinajstić information content (AvgIpc) is 2.54. The van der Waals surface area contributed by atoms with E-state index in [1.54, 1.807) is 6.92 Å². The summed E-state index contributed by atoms with van der Waals surface area (Å²) in [6.45, 7) is 1.60. The van der Waals surface area contributed by atoms with Crippen LogP contribution in [0, 0.1) is 6.92 Å². The van der Waals surface area contributed by atoms with Gasteiger partial charge in [0.2, 0.25) is 0 Å². The molecule has 0 unspecified atom stereocenters. The molecule has 10 heteroatoms. The molecule has 3 N–H and O–H groups in total. The van der Waals surface area contributed by atoms with Crippen LogP contribution in [0.2, 0.25) is 0 Å². The predicted octanol–water partition coefficient (Wildman–Crippen LogP) is 3.47. The number of pyridine rings is 1. The van der Waals surface area contributed by atoms with E-state index in [0.717, 1.165) is 23.5 Å². The second-order valence-corrected chi connectivity index (χ2v) is 5.47. The summed E-state index contributed by atoms with van der Waals surface area (Å²) < 4.78 is 81.0. The Labute approximate surface area is 144 Å². The van der Waals surface area contributed by atoms with Gasteiger partial charge < -0.3 is 0 Å². The Balaban J connectivity index is 2.49. The van der Waals surface area contributed by atoms with Crippen molar-refractivity contribution in [1.82, 2.24) is 5.32 Å². The van der Waals surface area contributed by atoms with Crippen LogP contribution in [0.4, 0.5) is 32.2 Å². The van der Waals surface area contributed by atoms with Crippen molar-refractivity contribution in [2.45, 2.75) is 24.9 Å². The van der Waals surface area contributed by atoms with Crippen LogP contribution in [0.3, 0.4) is 0 Å². The molecular weight excluding hydrogens is 364 g/mol. The monoisotopic (exact) mass is 378 g/mol. The van der Waals surface area contributed by atoms with Crippen LogP contribution in [0.25, 0.3) is 0 Å². The minimum atomic E-state index is -5.88. The summed E-state index contributed by atoms with van der Waals surface area (Å²) in [4.78, 5) is 14.3. The smallest absolute Gasteiger partial charge is 0.296 e. The number of hydrogen-bond acceptors (Lipinski definition) is 2. The number of H-pyrrole nitrogens is 1. The summed E-state index contributed by atoms with van der Waals surface area (Å²) in [5, 5.41) is 2.43. The van der Waals surface area contributed by atoms with Gasteiger partial charge in [-0.15, -0.1) is 0 Å². The molecule has 0 fully saturated rings. The fraction of sp³-hybridized carbons (Fsp3) is 0.250. The summed E-state index contributed by atoms with van der Waals surface area (Å²) in [6.07, 6.45) is -10.5. The molecule has 0 aliphatic rings. The number of nitrogens with one attached hydrogen (secondary N) is 3. The number of anilines is 1. The molecule has 0 aliphatic heterocycles. The first-order valence-electron chi connectivity index (χ1n) is 7.24. The van der Waals surface area contributed by atoms with Crippen LogP contribution in [-0.2, 0) is 0 Å². The van der Waals surface area contributed by atoms with Gasteiger partial charge in [0.05, 0.1) is 6.20 Å². The second kappa shape index (κ2) is 6.85. The lowest BCUT2D eigenvalue weighted by atomic mass is 10.1. The van der Waals surface area contributed by atoms with E-state index in [2.05, 4.69) is 4.98 Å². The number of hydrogen-bond donors (Lipinski definition) is 2. The van der Waals surface area contributed by atoms with Crippen molar-refractivity contribution in [3.8, 4) is 0 Å². The van der Waals surface area contributed by atoms with Gasteiger partial charge in [-0.05, 0) is 30.7 Å². The Hall–Kier alpha value is -2.78. The molecule has 26 heavy (non-hydrogen) atoms. The van der Waals surface area contributed by atoms with E-state index in [4.69, 9.17) is 0 Å². The summed E-state index contributed by atoms with van der Waals surface area (Å²) in [5.41, 5.74) is -4.44. The Morgan fingerprint density at radius 3 is 1.96 bits per heavy atom. The Morgan fingerprint density at radius 2 is 1.50 bits per heavy atom. The van der Waals surface area contributed by atoms with E-state index in [9.17, 15) is 31.1 Å². The minimum Gasteiger partial charge on any atom is -0.296 e. The van der Waals surface area contributed by atoms with E-state index in [-0.39, 0.29) is 5.56 Å². The van der Waals surface area contributed by atoms with Gasteiger partial charge in [0.1, 0.15) is 0 Å². The Bertz CT molecular complexity index is 742. The van der Waals surface area contributed by atoms with E-state index in [0.29, 0.717) is 5.56 Å². The maximum absolute atomic E-state index is 13.5. The molecule has 2 rings (SSSR count). The van der Waals surface area contributed by atoms with Crippen molar-refractivity contribution in [3.05, 3.63) is 59.8 Å². The molecule has 0 spiro atoms. The van der Waals surface area contributed by atoms with Crippen molar-refractivity contribution in [2.75, 3.05) is 5.32 Å². The molecule has 0 saturated heterocycles. The Morgan fingerprint density at radius 1 is 0.923 bits per heavy atom. The number of halogens is 6. The predicted molar refractivity (Wildman–Crippen MR) is 80.1 cm³/mol. The highest BCUT2D eigenvalue weighted by atomic mass is 19.4. The van der Waals surface area contributed by atoms with Gasteiger partial charge in [-0.1, -0.05) is 18.2 Å². The number of alkyl halides is 6. The first-order chi connectivity index (χ1) is 12.0. The highest BCUT2D eigenvalue weighted by Crippen LogP contribution is 2.43. The van der Waals surface area contributed by atoms with Crippen LogP contribution in [0.1, 0.15) is 15.9 Å². The fourth-order valence-corrected chi connectivity index (χ4v) is 2.09. The zero-order valence-electron chi connectivity index (χ0n) is 13.3. The van der Waals surface area contributed by atoms with Crippen LogP contribution in [0.5, 0.6) is 0 Å². The number of rotatable bonds is 4. The molecule has 1 aromatic carbocycles. The molecule has 0 saturated carbocycles. The van der Waals surface area contributed by atoms with Gasteiger partial charge in [0.25, 0.3) is 11.7 Å². The second-order valence-electron chi connectivity index (χ2n) is 5.47. The Kier molecular flexibility index (Phi) is 5.15. The van der Waals surface area contributed by atoms with Gasteiger partial charge in [-0.2, -0.15) is 26.3 Å². The number of aryl methyl sites for hydroxylation is 1. The minimum absolute atomic E-state index is 0.347. The van der Waals surface area contributed by atoms with Crippen molar-refractivity contribution in [2.24, 2.45) is 0 Å². The average molecular weight is 378 g/mol. The van der Waals surface area contributed by atoms with E-state index >= 15 is 0 Å². The third-order valence-corrected chi connectivity index (χ3v) is 3.48. The molecule has 1 heterocycles. The SMILES string of the molecule is Cc1ccc(NC(NC(=O)c2ccccc2)(C(F)(F)F)C(F)(F)F)[nH+]c1. The fourth-order valence-electron chi connectivity index (χ4n) is 2.09. The van der Waals surface area contributed by atoms with Gasteiger partial charge >= 0.3 is 18.0 Å². The maximum Gasteiger partial charge on any atom is 0.462 e. The van der Waals surface area contributed by atoms with Crippen molar-refractivity contribution >= 4 is 11.7 Å². The number of benzene rings is 1. The first kappa shape index (κ1) is 19.5. The van der Waals surface area contributed by atoms with Gasteiger partial charge in [0.15, 0.2) is 0 Å². The van der Waals surface area contributed by atoms with E-state index in [1.807, 2.05) is 0 Å². The molecule has 0 radical (unpaired) electrons. The van der Waals surface area contributed by atoms with Gasteiger partial charge in [-0.25, -0.2) is 10.3 Å². The highest BCUT2D eigenvalue weighted by Gasteiger charge is 2.76. The standard InChI is InChI=1S/C16H13F6N3O/c1-10-7-8-12(23-9-10)24-14(15(17,18)19,16(20,21)22)25-13(26)11-5-3-2-4-6-11/h2-9H,1H3,(H,23,24)(H,25,26)/p+1. The molecule has 2 aromatic rings. The lowest BCUT2D eigenvalue weighted by Gasteiger charge is -2.34. The third-order valence-electron chi connectivity index (χ3n) is 3.48. The molecule has 4 nitrogen and oxygen atoms in total. The van der Waals surface area contributed by atoms with Gasteiger partial charge in [-0.3, -0.25) is 10.1 Å². The summed E-state index contributed by atoms with van der Waals surface area (Å²) in [7, 11) is 0. The highest BCUT2D eigenvalue weighted by molar-refractivity contribution is 5.95. The quantitative estimate of drug-likeness (QED) is 0.632. The third kappa shape index (κ3) is 3.89. The molecule has 1 amide bonds. The number of carbonyl (C=O) groups excluding carboxylic acids is 1. The summed E-state index contributed by atoms with van der Waals surface area (Å²) in [6, 6.07) is 8.64. The van der Waals surface area contributed by atoms with E-state index < -0.39 is 29.7 Å². The zero-order valence-corrected chi connectivity index (χ0v) is 13.3. The van der Waals surface area contributed by atoms with Crippen LogP contribution >= 0.6 is 0 Å². The van der Waals surface area contributed by atoms with E-state index in [1.165, 1.54) is 35.8 Å². The molecule has 0 atom stereocenters. The molecule has 0 aliphatic carbocycles. The summed E-state index contributed by atoms with van der Waals surface area (Å²) >= 11 is 0. The molecule has 1 aromatic heterocycles. The normalized spacial score (nSPS) is 12.6. The number of aromatic amines is 1. The lowest BCUT2D eigenvalue weighted by Crippen LogP contribution is -2.72. The topological polar surface area (TPSA) is 55.3 Å². The zero-order chi connectivity index (χ0) is 19.6. The number of amides is 1. The summed E-state index contributed by atoms with van der Waals surface area (Å²) in [5.74, 6) is -2.10. The molecular formula is C16H14F6N3O+. The number of aromatic nitrogens is 1. The van der Waals surface area contributed by atoms with Crippen LogP contribution in [0.15, 0.2) is 48.7 Å². The van der Waals surface area contributed by atoms with Crippen LogP contribution < -0.4 is 15.6 Å². The maximum atomic E-state index is 13.5. The molecule has 0 bridgehead atoms. The van der Waals surface area contributed by atoms with Crippen molar-refractivity contribution < 1.29 is 36.1 Å². The van der Waals surface area contributed by atoms with Crippen LogP contribution in [-0.4, -0.2) is 23.9 Å². The largest absolute Gasteiger partial charge is 0.462 e. The molecule has 140 valence electrons.